The van der Waals surface area contributed by atoms with E-state index in [1.807, 2.05) is 30.3 Å². The molecule has 2 aromatic carbocycles. The summed E-state index contributed by atoms with van der Waals surface area (Å²) in [6.07, 6.45) is 1.22. The number of nitrogens with zero attached hydrogens (tertiary/aromatic N) is 1. The zero-order valence-electron chi connectivity index (χ0n) is 12.8. The Kier molecular flexibility index (Phi) is 5.71. The SMILES string of the molecule is CS(=O)(=O)c1ccc(CN(CCN)Cc2ccccc2)cc1. The molecule has 5 heteroatoms. The fourth-order valence-electron chi connectivity index (χ4n) is 2.34. The van der Waals surface area contributed by atoms with Crippen molar-refractivity contribution in [3.8, 4) is 0 Å². The molecule has 0 aromatic heterocycles. The molecule has 0 unspecified atom stereocenters. The van der Waals surface area contributed by atoms with Crippen LogP contribution in [0.4, 0.5) is 0 Å². The van der Waals surface area contributed by atoms with Gasteiger partial charge in [-0.2, -0.15) is 0 Å². The van der Waals surface area contributed by atoms with Gasteiger partial charge in [0.1, 0.15) is 0 Å². The lowest BCUT2D eigenvalue weighted by Crippen LogP contribution is -2.28. The number of hydrogen-bond acceptors (Lipinski definition) is 4. The van der Waals surface area contributed by atoms with Crippen molar-refractivity contribution in [3.63, 3.8) is 0 Å². The van der Waals surface area contributed by atoms with Gasteiger partial charge in [0.15, 0.2) is 9.84 Å². The molecule has 0 amide bonds. The fourth-order valence-corrected chi connectivity index (χ4v) is 2.97. The summed E-state index contributed by atoms with van der Waals surface area (Å²) < 4.78 is 23.0. The molecule has 2 rings (SSSR count). The maximum atomic E-state index is 11.5. The molecule has 0 saturated carbocycles. The lowest BCUT2D eigenvalue weighted by atomic mass is 10.1. The molecule has 2 aromatic rings. The quantitative estimate of drug-likeness (QED) is 0.848. The number of benzene rings is 2. The third kappa shape index (κ3) is 4.94. The molecule has 0 atom stereocenters. The molecule has 22 heavy (non-hydrogen) atoms. The van der Waals surface area contributed by atoms with Gasteiger partial charge in [0.05, 0.1) is 4.90 Å². The van der Waals surface area contributed by atoms with E-state index in [2.05, 4.69) is 17.0 Å². The number of nitrogens with two attached hydrogens (primary N) is 1. The summed E-state index contributed by atoms with van der Waals surface area (Å²) in [6, 6.07) is 17.3. The first kappa shape index (κ1) is 16.7. The van der Waals surface area contributed by atoms with Crippen molar-refractivity contribution in [1.82, 2.24) is 4.90 Å². The van der Waals surface area contributed by atoms with E-state index < -0.39 is 9.84 Å². The average molecular weight is 318 g/mol. The first-order chi connectivity index (χ1) is 10.5. The Labute approximate surface area is 132 Å². The van der Waals surface area contributed by atoms with Crippen molar-refractivity contribution in [2.75, 3.05) is 19.3 Å². The van der Waals surface area contributed by atoms with Crippen molar-refractivity contribution >= 4 is 9.84 Å². The van der Waals surface area contributed by atoms with Crippen LogP contribution in [0.15, 0.2) is 59.5 Å². The Morgan fingerprint density at radius 3 is 1.95 bits per heavy atom. The minimum absolute atomic E-state index is 0.352. The third-order valence-corrected chi connectivity index (χ3v) is 4.58. The highest BCUT2D eigenvalue weighted by molar-refractivity contribution is 7.90. The van der Waals surface area contributed by atoms with Crippen molar-refractivity contribution < 1.29 is 8.42 Å². The number of rotatable bonds is 7. The van der Waals surface area contributed by atoms with E-state index in [-0.39, 0.29) is 0 Å². The van der Waals surface area contributed by atoms with Gasteiger partial charge in [0.2, 0.25) is 0 Å². The molecule has 118 valence electrons. The molecular formula is C17H22N2O2S. The predicted octanol–water partition coefficient (Wildman–Crippen LogP) is 2.05. The maximum absolute atomic E-state index is 11.5. The summed E-state index contributed by atoms with van der Waals surface area (Å²) in [5, 5.41) is 0. The maximum Gasteiger partial charge on any atom is 0.175 e. The van der Waals surface area contributed by atoms with Gasteiger partial charge >= 0.3 is 0 Å². The molecule has 0 spiro atoms. The van der Waals surface area contributed by atoms with Gasteiger partial charge in [0, 0.05) is 32.4 Å². The molecule has 0 heterocycles. The van der Waals surface area contributed by atoms with Crippen LogP contribution in [0, 0.1) is 0 Å². The van der Waals surface area contributed by atoms with E-state index in [1.165, 1.54) is 11.8 Å². The molecule has 0 aliphatic heterocycles. The zero-order valence-corrected chi connectivity index (χ0v) is 13.6. The van der Waals surface area contributed by atoms with Crippen LogP contribution >= 0.6 is 0 Å². The molecular weight excluding hydrogens is 296 g/mol. The van der Waals surface area contributed by atoms with Gasteiger partial charge in [-0.15, -0.1) is 0 Å². The van der Waals surface area contributed by atoms with Gasteiger partial charge in [-0.3, -0.25) is 4.90 Å². The van der Waals surface area contributed by atoms with Crippen LogP contribution in [-0.2, 0) is 22.9 Å². The van der Waals surface area contributed by atoms with Crippen molar-refractivity contribution in [2.24, 2.45) is 5.73 Å². The molecule has 0 saturated heterocycles. The smallest absolute Gasteiger partial charge is 0.175 e. The molecule has 0 aliphatic rings. The van der Waals surface area contributed by atoms with Gasteiger partial charge in [0.25, 0.3) is 0 Å². The molecule has 2 N–H and O–H groups in total. The third-order valence-electron chi connectivity index (χ3n) is 3.45. The molecule has 0 radical (unpaired) electrons. The van der Waals surface area contributed by atoms with Gasteiger partial charge in [-0.1, -0.05) is 42.5 Å². The summed E-state index contributed by atoms with van der Waals surface area (Å²) in [6.45, 7) is 2.96. The van der Waals surface area contributed by atoms with E-state index in [0.717, 1.165) is 25.2 Å². The summed E-state index contributed by atoms with van der Waals surface area (Å²) in [4.78, 5) is 2.61. The monoisotopic (exact) mass is 318 g/mol. The van der Waals surface area contributed by atoms with Gasteiger partial charge in [-0.05, 0) is 23.3 Å². The minimum atomic E-state index is -3.14. The Morgan fingerprint density at radius 2 is 1.45 bits per heavy atom. The second kappa shape index (κ2) is 7.54. The zero-order chi connectivity index (χ0) is 16.0. The number of hydrogen-bond donors (Lipinski definition) is 1. The Bertz CT molecular complexity index is 682. The normalized spacial score (nSPS) is 11.8. The Morgan fingerprint density at radius 1 is 0.909 bits per heavy atom. The van der Waals surface area contributed by atoms with Gasteiger partial charge < -0.3 is 5.73 Å². The highest BCUT2D eigenvalue weighted by Gasteiger charge is 2.09. The summed E-state index contributed by atoms with van der Waals surface area (Å²) in [7, 11) is -3.14. The Balaban J connectivity index is 2.07. The average Bonchev–Trinajstić information content (AvgIpc) is 2.48. The van der Waals surface area contributed by atoms with E-state index in [0.29, 0.717) is 11.4 Å². The largest absolute Gasteiger partial charge is 0.329 e. The van der Waals surface area contributed by atoms with Crippen LogP contribution < -0.4 is 5.73 Å². The molecule has 0 aliphatic carbocycles. The van der Waals surface area contributed by atoms with E-state index in [1.54, 1.807) is 12.1 Å². The summed E-state index contributed by atoms with van der Waals surface area (Å²) in [5.41, 5.74) is 8.02. The Hall–Kier alpha value is -1.69. The molecule has 0 fully saturated rings. The second-order valence-electron chi connectivity index (χ2n) is 5.40. The highest BCUT2D eigenvalue weighted by Crippen LogP contribution is 2.13. The first-order valence-corrected chi connectivity index (χ1v) is 9.13. The first-order valence-electron chi connectivity index (χ1n) is 7.24. The summed E-state index contributed by atoms with van der Waals surface area (Å²) >= 11 is 0. The van der Waals surface area contributed by atoms with E-state index in [9.17, 15) is 8.42 Å². The van der Waals surface area contributed by atoms with Crippen LogP contribution in [0.5, 0.6) is 0 Å². The standard InChI is InChI=1S/C17H22N2O2S/c1-22(20,21)17-9-7-16(8-10-17)14-19(12-11-18)13-15-5-3-2-4-6-15/h2-10H,11-14,18H2,1H3. The highest BCUT2D eigenvalue weighted by atomic mass is 32.2. The van der Waals surface area contributed by atoms with Crippen molar-refractivity contribution in [2.45, 2.75) is 18.0 Å². The van der Waals surface area contributed by atoms with Crippen molar-refractivity contribution in [1.29, 1.82) is 0 Å². The van der Waals surface area contributed by atoms with Crippen LogP contribution in [0.3, 0.4) is 0 Å². The fraction of sp³-hybridized carbons (Fsp3) is 0.294. The molecule has 0 bridgehead atoms. The lowest BCUT2D eigenvalue weighted by Gasteiger charge is -2.22. The van der Waals surface area contributed by atoms with Crippen LogP contribution in [0.25, 0.3) is 0 Å². The topological polar surface area (TPSA) is 63.4 Å². The van der Waals surface area contributed by atoms with Crippen LogP contribution in [0.2, 0.25) is 0 Å². The molecule has 4 nitrogen and oxygen atoms in total. The van der Waals surface area contributed by atoms with Crippen LogP contribution in [0.1, 0.15) is 11.1 Å². The van der Waals surface area contributed by atoms with Crippen molar-refractivity contribution in [3.05, 3.63) is 65.7 Å². The summed E-state index contributed by atoms with van der Waals surface area (Å²) in [5.74, 6) is 0. The van der Waals surface area contributed by atoms with E-state index in [4.69, 9.17) is 5.73 Å². The van der Waals surface area contributed by atoms with E-state index >= 15 is 0 Å². The van der Waals surface area contributed by atoms with Gasteiger partial charge in [-0.25, -0.2) is 8.42 Å². The minimum Gasteiger partial charge on any atom is -0.329 e. The number of sulfone groups is 1. The van der Waals surface area contributed by atoms with Crippen LogP contribution in [-0.4, -0.2) is 32.7 Å². The second-order valence-corrected chi connectivity index (χ2v) is 7.42. The lowest BCUT2D eigenvalue weighted by molar-refractivity contribution is 0.264. The predicted molar refractivity (Wildman–Crippen MR) is 89.2 cm³/mol.